The summed E-state index contributed by atoms with van der Waals surface area (Å²) in [6.45, 7) is 5.34. The van der Waals surface area contributed by atoms with Gasteiger partial charge in [-0.25, -0.2) is 14.5 Å². The standard InChI is InChI=1S/C18H25N7O2/c1-4-12(2)27-18-23-16(19)17-22-11-14(25(17)24-18)9-13-5-6-15(21-10-13)26-8-7-20-3/h5-6,10-12,20H,4,7-9H2,1-3H3,(H2,19,23,24). The van der Waals surface area contributed by atoms with Crippen molar-refractivity contribution < 1.29 is 9.47 Å². The van der Waals surface area contributed by atoms with Crippen molar-refractivity contribution in [1.29, 1.82) is 0 Å². The normalized spacial score (nSPS) is 12.3. The fourth-order valence-corrected chi connectivity index (χ4v) is 2.43. The molecular weight excluding hydrogens is 346 g/mol. The third-order valence-corrected chi connectivity index (χ3v) is 4.11. The molecular formula is C18H25N7O2. The van der Waals surface area contributed by atoms with E-state index in [0.717, 1.165) is 24.2 Å². The van der Waals surface area contributed by atoms with Crippen molar-refractivity contribution in [1.82, 2.24) is 29.9 Å². The predicted octanol–water partition coefficient (Wildman–Crippen LogP) is 1.47. The summed E-state index contributed by atoms with van der Waals surface area (Å²) in [4.78, 5) is 12.8. The summed E-state index contributed by atoms with van der Waals surface area (Å²) in [5, 5.41) is 7.46. The van der Waals surface area contributed by atoms with Crippen molar-refractivity contribution in [3.05, 3.63) is 35.8 Å². The van der Waals surface area contributed by atoms with Gasteiger partial charge >= 0.3 is 6.01 Å². The number of fused-ring (bicyclic) bond motifs is 1. The van der Waals surface area contributed by atoms with E-state index < -0.39 is 0 Å². The van der Waals surface area contributed by atoms with Gasteiger partial charge in [-0.15, -0.1) is 5.10 Å². The van der Waals surface area contributed by atoms with Gasteiger partial charge in [0.15, 0.2) is 11.5 Å². The summed E-state index contributed by atoms with van der Waals surface area (Å²) in [5.41, 5.74) is 8.41. The van der Waals surface area contributed by atoms with Crippen LogP contribution in [0.15, 0.2) is 24.5 Å². The van der Waals surface area contributed by atoms with Gasteiger partial charge in [-0.2, -0.15) is 4.98 Å². The van der Waals surface area contributed by atoms with Crippen molar-refractivity contribution in [2.24, 2.45) is 0 Å². The minimum atomic E-state index is 0.00785. The molecule has 3 N–H and O–H groups in total. The molecule has 3 aromatic rings. The quantitative estimate of drug-likeness (QED) is 0.544. The van der Waals surface area contributed by atoms with Gasteiger partial charge in [0.25, 0.3) is 0 Å². The number of ether oxygens (including phenoxy) is 2. The molecule has 0 aliphatic carbocycles. The van der Waals surface area contributed by atoms with Gasteiger partial charge < -0.3 is 20.5 Å². The average Bonchev–Trinajstić information content (AvgIpc) is 3.06. The predicted molar refractivity (Wildman–Crippen MR) is 102 cm³/mol. The molecule has 3 heterocycles. The van der Waals surface area contributed by atoms with Crippen LogP contribution in [-0.4, -0.2) is 50.9 Å². The maximum Gasteiger partial charge on any atom is 0.336 e. The molecule has 0 aromatic carbocycles. The molecule has 9 nitrogen and oxygen atoms in total. The Balaban J connectivity index is 1.78. The zero-order chi connectivity index (χ0) is 19.2. The number of likely N-dealkylation sites (N-methyl/N-ethyl adjacent to an activating group) is 1. The van der Waals surface area contributed by atoms with Gasteiger partial charge in [0.05, 0.1) is 18.0 Å². The molecule has 0 saturated heterocycles. The Kier molecular flexibility index (Phi) is 6.02. The maximum absolute atomic E-state index is 6.01. The fraction of sp³-hybridized carbons (Fsp3) is 0.444. The molecule has 3 rings (SSSR count). The number of rotatable bonds is 9. The van der Waals surface area contributed by atoms with Crippen LogP contribution in [0.1, 0.15) is 31.5 Å². The molecule has 0 aliphatic heterocycles. The van der Waals surface area contributed by atoms with E-state index in [-0.39, 0.29) is 12.1 Å². The topological polar surface area (TPSA) is 112 Å². The number of nitrogens with zero attached hydrogens (tertiary/aromatic N) is 5. The van der Waals surface area contributed by atoms with E-state index in [0.29, 0.717) is 30.4 Å². The molecule has 0 aliphatic rings. The number of aromatic nitrogens is 5. The van der Waals surface area contributed by atoms with Crippen LogP contribution in [0.5, 0.6) is 11.9 Å². The Morgan fingerprint density at radius 1 is 1.26 bits per heavy atom. The fourth-order valence-electron chi connectivity index (χ4n) is 2.43. The average molecular weight is 371 g/mol. The number of nitrogen functional groups attached to an aromatic ring is 1. The first-order valence-corrected chi connectivity index (χ1v) is 8.99. The number of hydrogen-bond acceptors (Lipinski definition) is 8. The molecule has 27 heavy (non-hydrogen) atoms. The van der Waals surface area contributed by atoms with Crippen LogP contribution in [0.2, 0.25) is 0 Å². The molecule has 1 atom stereocenters. The number of anilines is 1. The Hall–Kier alpha value is -2.94. The second-order valence-electron chi connectivity index (χ2n) is 6.23. The van der Waals surface area contributed by atoms with Gasteiger partial charge in [0.1, 0.15) is 6.61 Å². The molecule has 0 bridgehead atoms. The summed E-state index contributed by atoms with van der Waals surface area (Å²) in [7, 11) is 1.88. The molecule has 0 saturated carbocycles. The van der Waals surface area contributed by atoms with Crippen molar-refractivity contribution >= 4 is 11.5 Å². The number of pyridine rings is 1. The lowest BCUT2D eigenvalue weighted by molar-refractivity contribution is 0.196. The molecule has 1 unspecified atom stereocenters. The molecule has 0 spiro atoms. The van der Waals surface area contributed by atoms with Crippen molar-refractivity contribution in [3.8, 4) is 11.9 Å². The second kappa shape index (κ2) is 8.63. The minimum Gasteiger partial charge on any atom is -0.476 e. The van der Waals surface area contributed by atoms with Crippen LogP contribution in [-0.2, 0) is 6.42 Å². The Morgan fingerprint density at radius 3 is 2.81 bits per heavy atom. The summed E-state index contributed by atoms with van der Waals surface area (Å²) in [6.07, 6.45) is 4.99. The van der Waals surface area contributed by atoms with E-state index in [1.807, 2.05) is 33.0 Å². The highest BCUT2D eigenvalue weighted by Crippen LogP contribution is 2.18. The van der Waals surface area contributed by atoms with Gasteiger partial charge in [-0.3, -0.25) is 0 Å². The molecule has 9 heteroatoms. The van der Waals surface area contributed by atoms with E-state index in [2.05, 4.69) is 25.4 Å². The molecule has 3 aromatic heterocycles. The van der Waals surface area contributed by atoms with Crippen molar-refractivity contribution in [2.45, 2.75) is 32.8 Å². The Morgan fingerprint density at radius 2 is 2.11 bits per heavy atom. The molecule has 144 valence electrons. The largest absolute Gasteiger partial charge is 0.476 e. The summed E-state index contributed by atoms with van der Waals surface area (Å²) >= 11 is 0. The zero-order valence-corrected chi connectivity index (χ0v) is 15.8. The van der Waals surface area contributed by atoms with E-state index in [1.54, 1.807) is 16.9 Å². The first-order chi connectivity index (χ1) is 13.1. The zero-order valence-electron chi connectivity index (χ0n) is 15.8. The highest BCUT2D eigenvalue weighted by Gasteiger charge is 2.14. The first-order valence-electron chi connectivity index (χ1n) is 8.99. The molecule has 0 radical (unpaired) electrons. The van der Waals surface area contributed by atoms with Crippen LogP contribution in [0.25, 0.3) is 5.65 Å². The van der Waals surface area contributed by atoms with Gasteiger partial charge in [-0.1, -0.05) is 13.0 Å². The lowest BCUT2D eigenvalue weighted by Gasteiger charge is -2.11. The summed E-state index contributed by atoms with van der Waals surface area (Å²) in [6, 6.07) is 4.08. The third kappa shape index (κ3) is 4.62. The number of nitrogens with two attached hydrogens (primary N) is 1. The first kappa shape index (κ1) is 18.8. The minimum absolute atomic E-state index is 0.00785. The van der Waals surface area contributed by atoms with Crippen LogP contribution < -0.4 is 20.5 Å². The van der Waals surface area contributed by atoms with Crippen LogP contribution in [0.3, 0.4) is 0 Å². The molecule has 0 fully saturated rings. The highest BCUT2D eigenvalue weighted by molar-refractivity contribution is 5.59. The second-order valence-corrected chi connectivity index (χ2v) is 6.23. The lowest BCUT2D eigenvalue weighted by atomic mass is 10.2. The van der Waals surface area contributed by atoms with Crippen molar-refractivity contribution in [2.75, 3.05) is 25.9 Å². The third-order valence-electron chi connectivity index (χ3n) is 4.11. The van der Waals surface area contributed by atoms with E-state index in [4.69, 9.17) is 15.2 Å². The Bertz CT molecular complexity index is 879. The monoisotopic (exact) mass is 371 g/mol. The van der Waals surface area contributed by atoms with E-state index in [9.17, 15) is 0 Å². The Labute approximate surface area is 157 Å². The molecule has 0 amide bonds. The van der Waals surface area contributed by atoms with Gasteiger partial charge in [-0.05, 0) is 26.0 Å². The van der Waals surface area contributed by atoms with E-state index in [1.165, 1.54) is 0 Å². The van der Waals surface area contributed by atoms with Crippen molar-refractivity contribution in [3.63, 3.8) is 0 Å². The number of imidazole rings is 1. The van der Waals surface area contributed by atoms with Crippen LogP contribution >= 0.6 is 0 Å². The van der Waals surface area contributed by atoms with E-state index >= 15 is 0 Å². The smallest absolute Gasteiger partial charge is 0.336 e. The maximum atomic E-state index is 6.01. The van der Waals surface area contributed by atoms with Gasteiger partial charge in [0.2, 0.25) is 5.88 Å². The van der Waals surface area contributed by atoms with Crippen LogP contribution in [0, 0.1) is 0 Å². The highest BCUT2D eigenvalue weighted by atomic mass is 16.5. The number of nitrogens with one attached hydrogen (secondary N) is 1. The van der Waals surface area contributed by atoms with Crippen LogP contribution in [0.4, 0.5) is 5.82 Å². The van der Waals surface area contributed by atoms with Gasteiger partial charge in [0, 0.05) is 25.2 Å². The number of hydrogen-bond donors (Lipinski definition) is 2. The SMILES string of the molecule is CCC(C)Oc1nc(N)c2ncc(Cc3ccc(OCCNC)nc3)n2n1. The summed E-state index contributed by atoms with van der Waals surface area (Å²) < 4.78 is 12.9. The lowest BCUT2D eigenvalue weighted by Crippen LogP contribution is -2.16. The summed E-state index contributed by atoms with van der Waals surface area (Å²) in [5.74, 6) is 0.893.